The van der Waals surface area contributed by atoms with Crippen molar-refractivity contribution in [3.63, 3.8) is 0 Å². The number of methoxy groups -OCH3 is 1. The predicted octanol–water partition coefficient (Wildman–Crippen LogP) is 4.71. The third kappa shape index (κ3) is 6.65. The van der Waals surface area contributed by atoms with Gasteiger partial charge >= 0.3 is 0 Å². The van der Waals surface area contributed by atoms with Gasteiger partial charge in [0.15, 0.2) is 5.65 Å². The first-order valence-electron chi connectivity index (χ1n) is 14.4. The molecule has 0 spiro atoms. The zero-order valence-corrected chi connectivity index (χ0v) is 26.2. The van der Waals surface area contributed by atoms with Crippen molar-refractivity contribution >= 4 is 44.5 Å². The number of aromatic nitrogens is 4. The molecule has 0 unspecified atom stereocenters. The van der Waals surface area contributed by atoms with Gasteiger partial charge in [-0.2, -0.15) is 5.10 Å². The third-order valence-corrected chi connectivity index (χ3v) is 8.24. The van der Waals surface area contributed by atoms with Gasteiger partial charge in [0.2, 0.25) is 0 Å². The summed E-state index contributed by atoms with van der Waals surface area (Å²) in [7, 11) is 1.61. The highest BCUT2D eigenvalue weighted by Crippen LogP contribution is 2.33. The standard InChI is InChI=1S/C31H36BrN7O4/c1-4-24-22(28(35-20-11-13-43-14-12-20)21-16-34-39(5-2)30(21)37-24)18-38(17-19-9-10-27(42-3)23(32)15-19)31(41)26-8-6-7-25(36-26)29(33)40/h6-10,15-16,20H,4-5,11-14,17-18H2,1-3H3,(H2,33,40)(H,35,37). The number of carbonyl (C=O) groups is 2. The molecule has 0 bridgehead atoms. The number of benzene rings is 1. The molecule has 43 heavy (non-hydrogen) atoms. The lowest BCUT2D eigenvalue weighted by molar-refractivity contribution is 0.0723. The topological polar surface area (TPSA) is 137 Å². The molecule has 1 aromatic carbocycles. The van der Waals surface area contributed by atoms with E-state index >= 15 is 0 Å². The molecule has 1 aliphatic heterocycles. The molecule has 4 heterocycles. The highest BCUT2D eigenvalue weighted by molar-refractivity contribution is 9.10. The number of ether oxygens (including phenoxy) is 2. The van der Waals surface area contributed by atoms with Crippen molar-refractivity contribution in [1.29, 1.82) is 0 Å². The maximum Gasteiger partial charge on any atom is 0.273 e. The van der Waals surface area contributed by atoms with E-state index in [1.807, 2.05) is 36.0 Å². The molecule has 0 saturated carbocycles. The fourth-order valence-electron chi connectivity index (χ4n) is 5.35. The second kappa shape index (κ2) is 13.5. The van der Waals surface area contributed by atoms with E-state index in [1.54, 1.807) is 24.1 Å². The van der Waals surface area contributed by atoms with Crippen LogP contribution in [-0.4, -0.2) is 62.8 Å². The molecule has 1 saturated heterocycles. The van der Waals surface area contributed by atoms with Crippen LogP contribution in [0.1, 0.15) is 64.5 Å². The number of carbonyl (C=O) groups excluding carboxylic acids is 2. The summed E-state index contributed by atoms with van der Waals surface area (Å²) in [6, 6.07) is 10.6. The van der Waals surface area contributed by atoms with Crippen molar-refractivity contribution in [2.45, 2.75) is 58.8 Å². The zero-order valence-electron chi connectivity index (χ0n) is 24.6. The molecule has 11 nitrogen and oxygen atoms in total. The lowest BCUT2D eigenvalue weighted by Gasteiger charge is -2.29. The largest absolute Gasteiger partial charge is 0.496 e. The summed E-state index contributed by atoms with van der Waals surface area (Å²) < 4.78 is 13.7. The Balaban J connectivity index is 1.62. The van der Waals surface area contributed by atoms with Crippen molar-refractivity contribution in [2.24, 2.45) is 5.73 Å². The number of aryl methyl sites for hydroxylation is 2. The van der Waals surface area contributed by atoms with Crippen LogP contribution in [0, 0.1) is 0 Å². The molecule has 0 atom stereocenters. The van der Waals surface area contributed by atoms with Crippen LogP contribution in [0.2, 0.25) is 0 Å². The highest BCUT2D eigenvalue weighted by Gasteiger charge is 2.26. The van der Waals surface area contributed by atoms with Crippen LogP contribution in [-0.2, 0) is 30.8 Å². The molecule has 1 fully saturated rings. The first-order chi connectivity index (χ1) is 20.8. The average molecular weight is 651 g/mol. The van der Waals surface area contributed by atoms with Crippen LogP contribution < -0.4 is 15.8 Å². The van der Waals surface area contributed by atoms with Crippen molar-refractivity contribution in [3.8, 4) is 5.75 Å². The minimum atomic E-state index is -0.695. The van der Waals surface area contributed by atoms with Gasteiger partial charge in [0.1, 0.15) is 17.1 Å². The van der Waals surface area contributed by atoms with Gasteiger partial charge in [0, 0.05) is 43.6 Å². The summed E-state index contributed by atoms with van der Waals surface area (Å²) in [5, 5.41) is 9.30. The van der Waals surface area contributed by atoms with Gasteiger partial charge in [-0.1, -0.05) is 19.1 Å². The number of nitrogens with zero attached hydrogens (tertiary/aromatic N) is 5. The van der Waals surface area contributed by atoms with Crippen LogP contribution in [0.15, 0.2) is 47.1 Å². The number of anilines is 1. The van der Waals surface area contributed by atoms with Crippen LogP contribution in [0.5, 0.6) is 5.75 Å². The molecule has 12 heteroatoms. The summed E-state index contributed by atoms with van der Waals surface area (Å²) in [5.74, 6) is -0.339. The fourth-order valence-corrected chi connectivity index (χ4v) is 5.94. The summed E-state index contributed by atoms with van der Waals surface area (Å²) >= 11 is 3.57. The van der Waals surface area contributed by atoms with Gasteiger partial charge < -0.3 is 25.4 Å². The van der Waals surface area contributed by atoms with Gasteiger partial charge in [-0.25, -0.2) is 14.6 Å². The van der Waals surface area contributed by atoms with E-state index in [4.69, 9.17) is 20.2 Å². The number of fused-ring (bicyclic) bond motifs is 1. The van der Waals surface area contributed by atoms with Gasteiger partial charge in [0.25, 0.3) is 11.8 Å². The van der Waals surface area contributed by atoms with Crippen LogP contribution in [0.25, 0.3) is 11.0 Å². The minimum Gasteiger partial charge on any atom is -0.496 e. The van der Waals surface area contributed by atoms with E-state index in [2.05, 4.69) is 38.3 Å². The third-order valence-electron chi connectivity index (χ3n) is 7.62. The predicted molar refractivity (Wildman–Crippen MR) is 167 cm³/mol. The summed E-state index contributed by atoms with van der Waals surface area (Å²) in [4.78, 5) is 37.1. The van der Waals surface area contributed by atoms with E-state index in [1.165, 1.54) is 6.07 Å². The Labute approximate surface area is 258 Å². The first kappa shape index (κ1) is 30.4. The number of primary amides is 1. The molecular formula is C31H36BrN7O4. The van der Waals surface area contributed by atoms with E-state index in [-0.39, 0.29) is 36.4 Å². The summed E-state index contributed by atoms with van der Waals surface area (Å²) in [6.45, 7) is 6.70. The molecule has 226 valence electrons. The van der Waals surface area contributed by atoms with Crippen LogP contribution >= 0.6 is 15.9 Å². The Morgan fingerprint density at radius 3 is 2.58 bits per heavy atom. The summed E-state index contributed by atoms with van der Waals surface area (Å²) in [5.41, 5.74) is 10.1. The number of halogens is 1. The Bertz CT molecular complexity index is 1630. The Morgan fingerprint density at radius 1 is 1.14 bits per heavy atom. The molecular weight excluding hydrogens is 614 g/mol. The number of nitrogens with one attached hydrogen (secondary N) is 1. The summed E-state index contributed by atoms with van der Waals surface area (Å²) in [6.07, 6.45) is 4.26. The molecule has 5 rings (SSSR count). The number of rotatable bonds is 11. The highest BCUT2D eigenvalue weighted by atomic mass is 79.9. The smallest absolute Gasteiger partial charge is 0.273 e. The monoisotopic (exact) mass is 649 g/mol. The Hall–Kier alpha value is -4.03. The van der Waals surface area contributed by atoms with Crippen molar-refractivity contribution in [2.75, 3.05) is 25.6 Å². The second-order valence-electron chi connectivity index (χ2n) is 10.4. The molecule has 1 aliphatic rings. The molecule has 3 aromatic heterocycles. The maximum atomic E-state index is 14.2. The lowest BCUT2D eigenvalue weighted by atomic mass is 10.0. The Kier molecular flexibility index (Phi) is 9.56. The minimum absolute atomic E-state index is 0.0316. The maximum absolute atomic E-state index is 14.2. The normalized spacial score (nSPS) is 13.7. The molecule has 4 aromatic rings. The van der Waals surface area contributed by atoms with Crippen molar-refractivity contribution < 1.29 is 19.1 Å². The quantitative estimate of drug-likeness (QED) is 0.238. The van der Waals surface area contributed by atoms with E-state index in [0.29, 0.717) is 31.9 Å². The van der Waals surface area contributed by atoms with Crippen molar-refractivity contribution in [3.05, 3.63) is 75.3 Å². The molecule has 0 radical (unpaired) electrons. The molecule has 3 N–H and O–H groups in total. The number of pyridine rings is 2. The van der Waals surface area contributed by atoms with Gasteiger partial charge in [0.05, 0.1) is 35.4 Å². The van der Waals surface area contributed by atoms with Crippen LogP contribution in [0.4, 0.5) is 5.69 Å². The average Bonchev–Trinajstić information content (AvgIpc) is 3.44. The lowest BCUT2D eigenvalue weighted by Crippen LogP contribution is -2.33. The van der Waals surface area contributed by atoms with E-state index < -0.39 is 5.91 Å². The number of nitrogens with two attached hydrogens (primary N) is 1. The van der Waals surface area contributed by atoms with Gasteiger partial charge in [-0.15, -0.1) is 0 Å². The Morgan fingerprint density at radius 2 is 1.91 bits per heavy atom. The van der Waals surface area contributed by atoms with E-state index in [9.17, 15) is 9.59 Å². The molecule has 2 amide bonds. The number of hydrogen-bond acceptors (Lipinski definition) is 8. The first-order valence-corrected chi connectivity index (χ1v) is 15.2. The van der Waals surface area contributed by atoms with Gasteiger partial charge in [-0.3, -0.25) is 9.59 Å². The second-order valence-corrected chi connectivity index (χ2v) is 11.3. The van der Waals surface area contributed by atoms with Crippen molar-refractivity contribution in [1.82, 2.24) is 24.6 Å². The SMILES string of the molecule is CCc1nc2c(cnn2CC)c(NC2CCOCC2)c1CN(Cc1ccc(OC)c(Br)c1)C(=O)c1cccc(C(N)=O)n1. The number of hydrogen-bond donors (Lipinski definition) is 2. The zero-order chi connectivity index (χ0) is 30.5. The number of amides is 2. The van der Waals surface area contributed by atoms with E-state index in [0.717, 1.165) is 50.9 Å². The van der Waals surface area contributed by atoms with Gasteiger partial charge in [-0.05, 0) is 71.9 Å². The molecule has 0 aliphatic carbocycles. The van der Waals surface area contributed by atoms with Crippen LogP contribution in [0.3, 0.4) is 0 Å². The fraction of sp³-hybridized carbons (Fsp3) is 0.387.